The fraction of sp³-hybridized carbons (Fsp3) is 0.878. The molecule has 0 saturated heterocycles. The van der Waals surface area contributed by atoms with Crippen LogP contribution in [0.3, 0.4) is 0 Å². The number of rotatable bonds is 32. The molecule has 0 bridgehead atoms. The van der Waals surface area contributed by atoms with Crippen LogP contribution in [0.5, 0.6) is 0 Å². The Morgan fingerprint density at radius 2 is 0.563 bits per heavy atom. The van der Waals surface area contributed by atoms with E-state index in [1.807, 2.05) is 13.8 Å². The molecule has 6 amide bonds. The number of aliphatic hydroxyl groups excluding tert-OH is 1. The van der Waals surface area contributed by atoms with Crippen LogP contribution in [0.25, 0.3) is 0 Å². The molecule has 22 heteroatoms. The van der Waals surface area contributed by atoms with Crippen molar-refractivity contribution in [2.45, 2.75) is 183 Å². The third-order valence-electron chi connectivity index (χ3n) is 9.29. The minimum Gasteiger partial charge on any atom is -0.445 e. The maximum Gasteiger partial charge on any atom is 0.407 e. The van der Waals surface area contributed by atoms with Crippen molar-refractivity contribution in [2.24, 2.45) is 0 Å². The minimum absolute atomic E-state index is 0.345. The molecule has 71 heavy (non-hydrogen) atoms. The summed E-state index contributed by atoms with van der Waals surface area (Å²) in [4.78, 5) is 80.3. The Hall–Kier alpha value is -4.54. The van der Waals surface area contributed by atoms with Crippen molar-refractivity contribution < 1.29 is 62.3 Å². The number of alkyl carbamates (subject to hydrolysis) is 6. The molecule has 0 fully saturated rings. The highest BCUT2D eigenvalue weighted by Gasteiger charge is 2.21. The Morgan fingerprint density at radius 3 is 0.761 bits per heavy atom. The van der Waals surface area contributed by atoms with Gasteiger partial charge in [0.25, 0.3) is 0 Å². The molecule has 0 spiro atoms. The van der Waals surface area contributed by atoms with Gasteiger partial charge in [0.05, 0.1) is 6.10 Å². The molecule has 0 aliphatic carbocycles. The second-order valence-electron chi connectivity index (χ2n) is 21.9. The molecule has 0 aromatic heterocycles. The zero-order valence-electron chi connectivity index (χ0n) is 46.3. The predicted octanol–water partition coefficient (Wildman–Crippen LogP) is 5.94. The lowest BCUT2D eigenvalue weighted by atomic mass is 10.2. The molecule has 0 aromatic rings. The lowest BCUT2D eigenvalue weighted by Crippen LogP contribution is -2.40. The van der Waals surface area contributed by atoms with Gasteiger partial charge >= 0.3 is 36.6 Å². The van der Waals surface area contributed by atoms with E-state index in [9.17, 15) is 33.9 Å². The van der Waals surface area contributed by atoms with E-state index in [4.69, 9.17) is 28.4 Å². The van der Waals surface area contributed by atoms with E-state index in [0.29, 0.717) is 137 Å². The van der Waals surface area contributed by atoms with Gasteiger partial charge in [0, 0.05) is 58.9 Å². The molecular weight excluding hydrogens is 923 g/mol. The zero-order chi connectivity index (χ0) is 54.3. The number of nitrogens with zero attached hydrogens (tertiary/aromatic N) is 3. The van der Waals surface area contributed by atoms with E-state index >= 15 is 0 Å². The van der Waals surface area contributed by atoms with Crippen LogP contribution in [0, 0.1) is 0 Å². The summed E-state index contributed by atoms with van der Waals surface area (Å²) in [5, 5.41) is 26.9. The normalized spacial score (nSPS) is 13.4. The van der Waals surface area contributed by atoms with Crippen LogP contribution in [0.2, 0.25) is 0 Å². The van der Waals surface area contributed by atoms with Crippen LogP contribution in [0.15, 0.2) is 0 Å². The van der Waals surface area contributed by atoms with E-state index in [1.165, 1.54) is 0 Å². The molecule has 7 N–H and O–H groups in total. The van der Waals surface area contributed by atoms with Crippen molar-refractivity contribution in [1.29, 1.82) is 0 Å². The molecule has 0 aromatic carbocycles. The number of aliphatic hydroxyl groups is 1. The molecule has 0 rings (SSSR count). The fourth-order valence-electron chi connectivity index (χ4n) is 6.72. The second kappa shape index (κ2) is 34.8. The highest BCUT2D eigenvalue weighted by molar-refractivity contribution is 5.69. The van der Waals surface area contributed by atoms with Crippen LogP contribution in [-0.2, 0) is 28.4 Å². The Balaban J connectivity index is 4.98. The summed E-state index contributed by atoms with van der Waals surface area (Å²) in [6.45, 7) is 34.0. The van der Waals surface area contributed by atoms with Gasteiger partial charge in [-0.2, -0.15) is 0 Å². The summed E-state index contributed by atoms with van der Waals surface area (Å²) in [7, 11) is 0. The Morgan fingerprint density at radius 1 is 0.366 bits per heavy atom. The molecule has 3 unspecified atom stereocenters. The van der Waals surface area contributed by atoms with Crippen LogP contribution >= 0.6 is 0 Å². The summed E-state index contributed by atoms with van der Waals surface area (Å²) in [5.74, 6) is 0. The van der Waals surface area contributed by atoms with Gasteiger partial charge in [0.15, 0.2) is 0 Å². The number of nitrogens with one attached hydrogen (secondary N) is 6. The Kier molecular flexibility index (Phi) is 32.5. The standard InChI is InChI=1S/C49H97N9O13/c1-37(59)34-56(28-16-22-50-40(60)66-38(2)35-57(30-18-24-52-42(62)68-46(4,5)6)31-19-25-53-43(63)69-47(7,8)9)29-17-23-51-41(61)67-39(3)36-58(32-20-26-54-44(64)70-48(10,11)12)33-21-27-55-45(65)71-49(13,14)15/h37-39,59H,16-36H2,1-15H3,(H,50,60)(H,51,61)(H,52,62)(H,53,63)(H,54,64)(H,55,65). The van der Waals surface area contributed by atoms with Gasteiger partial charge in [-0.05, 0) is 182 Å². The first-order valence-corrected chi connectivity index (χ1v) is 25.4. The van der Waals surface area contributed by atoms with Crippen LogP contribution in [0.4, 0.5) is 28.8 Å². The summed E-state index contributed by atoms with van der Waals surface area (Å²) >= 11 is 0. The number of hydrogen-bond acceptors (Lipinski definition) is 16. The first-order chi connectivity index (χ1) is 32.8. The number of ether oxygens (including phenoxy) is 6. The molecule has 0 aliphatic heterocycles. The van der Waals surface area contributed by atoms with Gasteiger partial charge < -0.3 is 70.3 Å². The van der Waals surface area contributed by atoms with Crippen LogP contribution in [-0.4, -0.2) is 195 Å². The van der Waals surface area contributed by atoms with E-state index in [-0.39, 0.29) is 0 Å². The van der Waals surface area contributed by atoms with Crippen molar-refractivity contribution in [3.8, 4) is 0 Å². The molecule has 0 saturated carbocycles. The van der Waals surface area contributed by atoms with E-state index in [1.54, 1.807) is 90.0 Å². The van der Waals surface area contributed by atoms with E-state index in [2.05, 4.69) is 46.6 Å². The van der Waals surface area contributed by atoms with Crippen molar-refractivity contribution in [3.05, 3.63) is 0 Å². The maximum atomic E-state index is 12.8. The summed E-state index contributed by atoms with van der Waals surface area (Å²) in [6, 6.07) is 0. The van der Waals surface area contributed by atoms with Gasteiger partial charge in [-0.15, -0.1) is 0 Å². The lowest BCUT2D eigenvalue weighted by molar-refractivity contribution is 0.0505. The highest BCUT2D eigenvalue weighted by Crippen LogP contribution is 2.10. The molecule has 0 radical (unpaired) electrons. The molecule has 3 atom stereocenters. The van der Waals surface area contributed by atoms with E-state index in [0.717, 1.165) is 0 Å². The van der Waals surface area contributed by atoms with E-state index < -0.39 is 77.3 Å². The third kappa shape index (κ3) is 43.9. The lowest BCUT2D eigenvalue weighted by Gasteiger charge is -2.27. The van der Waals surface area contributed by atoms with Gasteiger partial charge in [0.2, 0.25) is 0 Å². The van der Waals surface area contributed by atoms with Gasteiger partial charge in [-0.1, -0.05) is 0 Å². The predicted molar refractivity (Wildman–Crippen MR) is 274 cm³/mol. The highest BCUT2D eigenvalue weighted by atomic mass is 16.6. The average Bonchev–Trinajstić information content (AvgIpc) is 3.18. The summed E-state index contributed by atoms with van der Waals surface area (Å²) < 4.78 is 32.6. The molecule has 22 nitrogen and oxygen atoms in total. The fourth-order valence-corrected chi connectivity index (χ4v) is 6.72. The average molecular weight is 1020 g/mol. The Bertz CT molecular complexity index is 1350. The monoisotopic (exact) mass is 1020 g/mol. The smallest absolute Gasteiger partial charge is 0.407 e. The van der Waals surface area contributed by atoms with Gasteiger partial charge in [-0.25, -0.2) is 28.8 Å². The third-order valence-corrected chi connectivity index (χ3v) is 9.29. The first-order valence-electron chi connectivity index (χ1n) is 25.4. The van der Waals surface area contributed by atoms with Crippen molar-refractivity contribution >= 4 is 36.6 Å². The number of carbonyl (C=O) groups is 6. The molecule has 416 valence electrons. The van der Waals surface area contributed by atoms with Crippen LogP contribution in [0.1, 0.15) is 142 Å². The van der Waals surface area contributed by atoms with Gasteiger partial charge in [0.1, 0.15) is 34.6 Å². The first kappa shape index (κ1) is 66.5. The SMILES string of the molecule is CC(O)CN(CCCNC(=O)OC(C)CN(CCCNC(=O)OC(C)(C)C)CCCNC(=O)OC(C)(C)C)CCCNC(=O)OC(C)CN(CCCNC(=O)OC(C)(C)C)CCCNC(=O)OC(C)(C)C. The van der Waals surface area contributed by atoms with Crippen molar-refractivity contribution in [3.63, 3.8) is 0 Å². The number of hydrogen-bond donors (Lipinski definition) is 7. The second-order valence-corrected chi connectivity index (χ2v) is 21.9. The topological polar surface area (TPSA) is 260 Å². The minimum atomic E-state index is -0.604. The number of carbonyl (C=O) groups excluding carboxylic acids is 6. The summed E-state index contributed by atoms with van der Waals surface area (Å²) in [6.07, 6.45) is -0.885. The maximum absolute atomic E-state index is 12.8. The quantitative estimate of drug-likeness (QED) is 0.0304. The van der Waals surface area contributed by atoms with Crippen molar-refractivity contribution in [1.82, 2.24) is 46.6 Å². The van der Waals surface area contributed by atoms with Crippen LogP contribution < -0.4 is 31.9 Å². The zero-order valence-corrected chi connectivity index (χ0v) is 46.3. The largest absolute Gasteiger partial charge is 0.445 e. The molecular formula is C49H97N9O13. The Labute approximate surface area is 425 Å². The summed E-state index contributed by atoms with van der Waals surface area (Å²) in [5.41, 5.74) is -2.41. The number of amides is 6. The molecule has 0 heterocycles. The van der Waals surface area contributed by atoms with Gasteiger partial charge in [-0.3, -0.25) is 9.80 Å². The molecule has 0 aliphatic rings. The van der Waals surface area contributed by atoms with Crippen molar-refractivity contribution in [2.75, 3.05) is 98.2 Å².